The summed E-state index contributed by atoms with van der Waals surface area (Å²) in [5.41, 5.74) is 3.68. The van der Waals surface area contributed by atoms with Gasteiger partial charge in [0.2, 0.25) is 21.9 Å². The molecule has 1 aliphatic rings. The van der Waals surface area contributed by atoms with E-state index < -0.39 is 10.0 Å². The van der Waals surface area contributed by atoms with Gasteiger partial charge < -0.3 is 25.2 Å². The summed E-state index contributed by atoms with van der Waals surface area (Å²) in [6, 6.07) is 9.40. The van der Waals surface area contributed by atoms with Crippen LogP contribution >= 0.6 is 11.6 Å². The fourth-order valence-electron chi connectivity index (χ4n) is 4.28. The van der Waals surface area contributed by atoms with Crippen molar-refractivity contribution in [3.63, 3.8) is 0 Å². The SMILES string of the molecule is COc1ccc(Nc2nc(Nc3ccc4c(c3)CCCC(OCNCCO)C4)ncc2Cl)c(N(C)S(C)(=O)=O)n1. The van der Waals surface area contributed by atoms with Gasteiger partial charge in [0, 0.05) is 25.3 Å². The summed E-state index contributed by atoms with van der Waals surface area (Å²) in [5.74, 6) is 0.977. The van der Waals surface area contributed by atoms with Crippen molar-refractivity contribution in [2.45, 2.75) is 31.8 Å². The Balaban J connectivity index is 1.51. The maximum Gasteiger partial charge on any atom is 0.233 e. The number of anilines is 5. The Hall–Kier alpha value is -3.23. The molecule has 0 saturated heterocycles. The number of pyridine rings is 1. The van der Waals surface area contributed by atoms with E-state index >= 15 is 0 Å². The summed E-state index contributed by atoms with van der Waals surface area (Å²) < 4.78 is 36.6. The minimum atomic E-state index is -3.60. The van der Waals surface area contributed by atoms with Gasteiger partial charge in [0.25, 0.3) is 0 Å². The molecule has 2 aromatic heterocycles. The quantitative estimate of drug-likeness (QED) is 0.140. The van der Waals surface area contributed by atoms with E-state index in [2.05, 4.69) is 43.0 Å². The number of aryl methyl sites for hydroxylation is 1. The second kappa shape index (κ2) is 13.4. The number of aliphatic hydroxyl groups excluding tert-OH is 1. The number of ether oxygens (including phenoxy) is 2. The molecule has 4 rings (SSSR count). The van der Waals surface area contributed by atoms with Gasteiger partial charge in [-0.05, 0) is 55.0 Å². The molecule has 0 spiro atoms. The number of halogens is 1. The molecular formula is C26H34ClN7O5S. The van der Waals surface area contributed by atoms with Crippen molar-refractivity contribution in [2.75, 3.05) is 55.2 Å². The highest BCUT2D eigenvalue weighted by Gasteiger charge is 2.21. The predicted molar refractivity (Wildman–Crippen MR) is 156 cm³/mol. The molecule has 0 fully saturated rings. The first kappa shape index (κ1) is 29.7. The lowest BCUT2D eigenvalue weighted by molar-refractivity contribution is 0.0341. The summed E-state index contributed by atoms with van der Waals surface area (Å²) in [4.78, 5) is 13.1. The van der Waals surface area contributed by atoms with Gasteiger partial charge in [-0.25, -0.2) is 13.4 Å². The number of sulfonamides is 1. The second-order valence-electron chi connectivity index (χ2n) is 9.33. The first-order valence-electron chi connectivity index (χ1n) is 12.8. The van der Waals surface area contributed by atoms with Crippen LogP contribution in [0.1, 0.15) is 24.0 Å². The number of aromatic nitrogens is 3. The first-order chi connectivity index (χ1) is 19.2. The number of hydrogen-bond donors (Lipinski definition) is 4. The molecule has 14 heteroatoms. The van der Waals surface area contributed by atoms with Gasteiger partial charge in [-0.1, -0.05) is 17.7 Å². The second-order valence-corrected chi connectivity index (χ2v) is 11.8. The van der Waals surface area contributed by atoms with Crippen molar-refractivity contribution >= 4 is 50.6 Å². The molecule has 0 bridgehead atoms. The minimum Gasteiger partial charge on any atom is -0.481 e. The third-order valence-electron chi connectivity index (χ3n) is 6.44. The molecule has 12 nitrogen and oxygen atoms in total. The Morgan fingerprint density at radius 1 is 1.18 bits per heavy atom. The van der Waals surface area contributed by atoms with Crippen molar-refractivity contribution in [1.82, 2.24) is 20.3 Å². The number of nitrogens with zero attached hydrogens (tertiary/aromatic N) is 4. The Morgan fingerprint density at radius 3 is 2.75 bits per heavy atom. The Kier molecular flexibility index (Phi) is 9.98. The van der Waals surface area contributed by atoms with Crippen molar-refractivity contribution < 1.29 is 23.0 Å². The molecule has 3 aromatic rings. The average molecular weight is 592 g/mol. The number of methoxy groups -OCH3 is 1. The standard InChI is InChI=1S/C26H34ClN7O5S/c1-34(40(3,36)37)25-22(9-10-23(32-25)38-2)31-24-21(27)15-29-26(33-24)30-19-8-7-18-14-20(39-16-28-11-12-35)6-4-5-17(18)13-19/h7-10,13,15,20,28,35H,4-6,11-12,14,16H2,1-3H3,(H2,29,30,31,33). The summed E-state index contributed by atoms with van der Waals surface area (Å²) in [7, 11) is -0.748. The van der Waals surface area contributed by atoms with E-state index in [1.165, 1.54) is 31.5 Å². The topological polar surface area (TPSA) is 151 Å². The van der Waals surface area contributed by atoms with E-state index in [1.54, 1.807) is 12.1 Å². The van der Waals surface area contributed by atoms with Gasteiger partial charge in [0.1, 0.15) is 5.02 Å². The normalized spacial score (nSPS) is 15.2. The highest BCUT2D eigenvalue weighted by molar-refractivity contribution is 7.92. The number of nitrogens with one attached hydrogen (secondary N) is 3. The van der Waals surface area contributed by atoms with Crippen LogP contribution in [0.2, 0.25) is 5.02 Å². The zero-order chi connectivity index (χ0) is 28.7. The van der Waals surface area contributed by atoms with Crippen LogP contribution < -0.4 is 25.0 Å². The molecule has 0 amide bonds. The van der Waals surface area contributed by atoms with Crippen LogP contribution in [-0.2, 0) is 27.6 Å². The number of fused-ring (bicyclic) bond motifs is 1. The van der Waals surface area contributed by atoms with Gasteiger partial charge in [-0.15, -0.1) is 0 Å². The van der Waals surface area contributed by atoms with Crippen molar-refractivity contribution in [3.05, 3.63) is 52.7 Å². The third-order valence-corrected chi connectivity index (χ3v) is 7.89. The van der Waals surface area contributed by atoms with Crippen LogP contribution in [0, 0.1) is 0 Å². The Bertz CT molecular complexity index is 1430. The number of hydrogen-bond acceptors (Lipinski definition) is 11. The zero-order valence-corrected chi connectivity index (χ0v) is 24.2. The highest BCUT2D eigenvalue weighted by Crippen LogP contribution is 2.33. The Labute approximate surface area is 239 Å². The molecule has 0 radical (unpaired) electrons. The maximum atomic E-state index is 12.2. The van der Waals surface area contributed by atoms with Gasteiger partial charge >= 0.3 is 0 Å². The average Bonchev–Trinajstić information content (AvgIpc) is 3.14. The molecule has 216 valence electrons. The largest absolute Gasteiger partial charge is 0.481 e. The smallest absolute Gasteiger partial charge is 0.233 e. The molecule has 1 unspecified atom stereocenters. The molecule has 1 atom stereocenters. The van der Waals surface area contributed by atoms with Crippen LogP contribution in [0.15, 0.2) is 36.5 Å². The van der Waals surface area contributed by atoms with Gasteiger partial charge in [-0.2, -0.15) is 9.97 Å². The van der Waals surface area contributed by atoms with Crippen molar-refractivity contribution in [1.29, 1.82) is 0 Å². The lowest BCUT2D eigenvalue weighted by Gasteiger charge is -2.20. The van der Waals surface area contributed by atoms with Crippen molar-refractivity contribution in [2.24, 2.45) is 0 Å². The zero-order valence-electron chi connectivity index (χ0n) is 22.6. The van der Waals surface area contributed by atoms with E-state index in [-0.39, 0.29) is 35.2 Å². The monoisotopic (exact) mass is 591 g/mol. The number of aliphatic hydroxyl groups is 1. The van der Waals surface area contributed by atoms with Crippen molar-refractivity contribution in [3.8, 4) is 5.88 Å². The van der Waals surface area contributed by atoms with Crippen LogP contribution in [0.5, 0.6) is 5.88 Å². The lowest BCUT2D eigenvalue weighted by atomic mass is 10.0. The number of rotatable bonds is 12. The minimum absolute atomic E-state index is 0.0851. The van der Waals surface area contributed by atoms with E-state index in [9.17, 15) is 8.42 Å². The molecule has 0 aliphatic heterocycles. The summed E-state index contributed by atoms with van der Waals surface area (Å²) in [6.07, 6.45) is 6.40. The predicted octanol–water partition coefficient (Wildman–Crippen LogP) is 3.22. The molecule has 40 heavy (non-hydrogen) atoms. The maximum absolute atomic E-state index is 12.2. The molecular weight excluding hydrogens is 558 g/mol. The fraction of sp³-hybridized carbons (Fsp3) is 0.423. The van der Waals surface area contributed by atoms with Crippen LogP contribution in [0.25, 0.3) is 0 Å². The van der Waals surface area contributed by atoms with Gasteiger partial charge in [0.15, 0.2) is 11.6 Å². The van der Waals surface area contributed by atoms with Crippen LogP contribution in [-0.4, -0.2) is 74.9 Å². The van der Waals surface area contributed by atoms with E-state index in [1.807, 2.05) is 6.07 Å². The van der Waals surface area contributed by atoms with Gasteiger partial charge in [0.05, 0.1) is 44.7 Å². The summed E-state index contributed by atoms with van der Waals surface area (Å²) >= 11 is 6.39. The van der Waals surface area contributed by atoms with E-state index in [0.29, 0.717) is 24.9 Å². The molecule has 0 saturated carbocycles. The molecule has 1 aliphatic carbocycles. The fourth-order valence-corrected chi connectivity index (χ4v) is 4.88. The molecule has 2 heterocycles. The summed E-state index contributed by atoms with van der Waals surface area (Å²) in [5, 5.41) is 18.5. The van der Waals surface area contributed by atoms with E-state index in [4.69, 9.17) is 26.2 Å². The first-order valence-corrected chi connectivity index (χ1v) is 15.0. The lowest BCUT2D eigenvalue weighted by Crippen LogP contribution is -2.26. The summed E-state index contributed by atoms with van der Waals surface area (Å²) in [6.45, 7) is 1.02. The third kappa shape index (κ3) is 7.70. The van der Waals surface area contributed by atoms with E-state index in [0.717, 1.165) is 41.9 Å². The van der Waals surface area contributed by atoms with Crippen LogP contribution in [0.3, 0.4) is 0 Å². The highest BCUT2D eigenvalue weighted by atomic mass is 35.5. The Morgan fingerprint density at radius 2 is 2.00 bits per heavy atom. The molecule has 1 aromatic carbocycles. The van der Waals surface area contributed by atoms with Gasteiger partial charge in [-0.3, -0.25) is 9.62 Å². The number of benzene rings is 1. The van der Waals surface area contributed by atoms with Crippen LogP contribution in [0.4, 0.5) is 29.0 Å². The molecule has 4 N–H and O–H groups in total.